The Morgan fingerprint density at radius 1 is 1.30 bits per heavy atom. The van der Waals surface area contributed by atoms with Crippen molar-refractivity contribution in [1.29, 1.82) is 0 Å². The highest BCUT2D eigenvalue weighted by Gasteiger charge is 2.14. The van der Waals surface area contributed by atoms with Crippen LogP contribution in [-0.2, 0) is 17.6 Å². The van der Waals surface area contributed by atoms with Gasteiger partial charge in [-0.1, -0.05) is 37.3 Å². The number of carbonyl (C=O) groups is 1. The predicted molar refractivity (Wildman–Crippen MR) is 81.8 cm³/mol. The fourth-order valence-electron chi connectivity index (χ4n) is 2.04. The van der Waals surface area contributed by atoms with Gasteiger partial charge in [-0.25, -0.2) is 0 Å². The lowest BCUT2D eigenvalue weighted by atomic mass is 10.0. The van der Waals surface area contributed by atoms with Crippen molar-refractivity contribution >= 4 is 17.2 Å². The quantitative estimate of drug-likeness (QED) is 0.859. The Labute approximate surface area is 123 Å². The molecule has 1 amide bonds. The number of aliphatic hydroxyl groups excluding tert-OH is 1. The molecule has 1 unspecified atom stereocenters. The van der Waals surface area contributed by atoms with Gasteiger partial charge in [0, 0.05) is 4.88 Å². The summed E-state index contributed by atoms with van der Waals surface area (Å²) in [6, 6.07) is 11.5. The minimum atomic E-state index is -0.339. The highest BCUT2D eigenvalue weighted by atomic mass is 32.1. The number of thiophene rings is 1. The number of nitrogens with one attached hydrogen (secondary N) is 1. The molecule has 0 saturated heterocycles. The van der Waals surface area contributed by atoms with Gasteiger partial charge in [0.05, 0.1) is 19.1 Å². The molecule has 0 spiro atoms. The lowest BCUT2D eigenvalue weighted by Crippen LogP contribution is -2.31. The standard InChI is InChI=1S/C16H19NO2S/c1-2-12-5-7-13(8-6-12)15(11-18)17-16(19)10-14-4-3-9-20-14/h3-9,15,18H,2,10-11H2,1H3,(H,17,19). The number of hydrogen-bond donors (Lipinski definition) is 2. The van der Waals surface area contributed by atoms with Gasteiger partial charge in [-0.3, -0.25) is 4.79 Å². The minimum Gasteiger partial charge on any atom is -0.394 e. The number of aryl methyl sites for hydroxylation is 1. The van der Waals surface area contributed by atoms with Crippen LogP contribution in [0.15, 0.2) is 41.8 Å². The summed E-state index contributed by atoms with van der Waals surface area (Å²) >= 11 is 1.56. The average Bonchev–Trinajstić information content (AvgIpc) is 2.97. The lowest BCUT2D eigenvalue weighted by Gasteiger charge is -2.17. The van der Waals surface area contributed by atoms with Crippen molar-refractivity contribution in [2.75, 3.05) is 6.61 Å². The summed E-state index contributed by atoms with van der Waals surface area (Å²) in [5, 5.41) is 14.3. The molecule has 0 aliphatic carbocycles. The van der Waals surface area contributed by atoms with Gasteiger partial charge in [0.2, 0.25) is 5.91 Å². The van der Waals surface area contributed by atoms with Gasteiger partial charge in [0.15, 0.2) is 0 Å². The molecular formula is C16H19NO2S. The van der Waals surface area contributed by atoms with Crippen LogP contribution in [0.25, 0.3) is 0 Å². The van der Waals surface area contributed by atoms with E-state index in [0.29, 0.717) is 6.42 Å². The summed E-state index contributed by atoms with van der Waals surface area (Å²) in [6.07, 6.45) is 1.34. The number of hydrogen-bond acceptors (Lipinski definition) is 3. The van der Waals surface area contributed by atoms with Crippen LogP contribution in [0.4, 0.5) is 0 Å². The van der Waals surface area contributed by atoms with E-state index in [1.807, 2.05) is 41.8 Å². The molecular weight excluding hydrogens is 270 g/mol. The Morgan fingerprint density at radius 2 is 2.05 bits per heavy atom. The van der Waals surface area contributed by atoms with E-state index >= 15 is 0 Å². The van der Waals surface area contributed by atoms with E-state index in [1.54, 1.807) is 11.3 Å². The Morgan fingerprint density at radius 3 is 2.60 bits per heavy atom. The van der Waals surface area contributed by atoms with E-state index in [-0.39, 0.29) is 18.6 Å². The maximum absolute atomic E-state index is 12.0. The zero-order valence-electron chi connectivity index (χ0n) is 11.5. The number of amides is 1. The molecule has 0 radical (unpaired) electrons. The largest absolute Gasteiger partial charge is 0.394 e. The monoisotopic (exact) mass is 289 g/mol. The topological polar surface area (TPSA) is 49.3 Å². The second kappa shape index (κ2) is 7.22. The van der Waals surface area contributed by atoms with Gasteiger partial charge in [-0.2, -0.15) is 0 Å². The van der Waals surface area contributed by atoms with Gasteiger partial charge in [0.1, 0.15) is 0 Å². The predicted octanol–water partition coefficient (Wildman–Crippen LogP) is 2.70. The molecule has 2 N–H and O–H groups in total. The molecule has 1 aromatic carbocycles. The molecule has 0 bridgehead atoms. The molecule has 2 rings (SSSR count). The Kier molecular flexibility index (Phi) is 5.32. The van der Waals surface area contributed by atoms with Crippen LogP contribution in [0.2, 0.25) is 0 Å². The fourth-order valence-corrected chi connectivity index (χ4v) is 2.74. The van der Waals surface area contributed by atoms with E-state index < -0.39 is 0 Å². The highest BCUT2D eigenvalue weighted by Crippen LogP contribution is 2.15. The van der Waals surface area contributed by atoms with Gasteiger partial charge in [-0.15, -0.1) is 11.3 Å². The van der Waals surface area contributed by atoms with Crippen molar-refractivity contribution in [3.63, 3.8) is 0 Å². The summed E-state index contributed by atoms with van der Waals surface area (Å²) < 4.78 is 0. The molecule has 3 nitrogen and oxygen atoms in total. The van der Waals surface area contributed by atoms with Crippen molar-refractivity contribution in [2.45, 2.75) is 25.8 Å². The molecule has 20 heavy (non-hydrogen) atoms. The second-order valence-electron chi connectivity index (χ2n) is 4.65. The van der Waals surface area contributed by atoms with Crippen LogP contribution >= 0.6 is 11.3 Å². The van der Waals surface area contributed by atoms with Crippen LogP contribution in [0.3, 0.4) is 0 Å². The van der Waals surface area contributed by atoms with Gasteiger partial charge in [-0.05, 0) is 29.0 Å². The Balaban J connectivity index is 1.98. The molecule has 4 heteroatoms. The van der Waals surface area contributed by atoms with E-state index in [0.717, 1.165) is 16.9 Å². The fraction of sp³-hybridized carbons (Fsp3) is 0.312. The maximum atomic E-state index is 12.0. The zero-order valence-corrected chi connectivity index (χ0v) is 12.3. The zero-order chi connectivity index (χ0) is 14.4. The molecule has 1 aromatic heterocycles. The summed E-state index contributed by atoms with van der Waals surface area (Å²) in [5.74, 6) is -0.0638. The van der Waals surface area contributed by atoms with Crippen molar-refractivity contribution in [2.24, 2.45) is 0 Å². The smallest absolute Gasteiger partial charge is 0.225 e. The molecule has 106 valence electrons. The van der Waals surface area contributed by atoms with Crippen molar-refractivity contribution in [3.8, 4) is 0 Å². The molecule has 0 aliphatic heterocycles. The molecule has 1 heterocycles. The summed E-state index contributed by atoms with van der Waals surface area (Å²) in [6.45, 7) is 2.00. The molecule has 0 saturated carbocycles. The lowest BCUT2D eigenvalue weighted by molar-refractivity contribution is -0.121. The Bertz CT molecular complexity index is 534. The van der Waals surface area contributed by atoms with Crippen LogP contribution in [0.1, 0.15) is 29.0 Å². The normalized spacial score (nSPS) is 12.1. The molecule has 0 fully saturated rings. The van der Waals surface area contributed by atoms with Gasteiger partial charge < -0.3 is 10.4 Å². The third kappa shape index (κ3) is 3.92. The van der Waals surface area contributed by atoms with E-state index in [2.05, 4.69) is 12.2 Å². The third-order valence-corrected chi connectivity index (χ3v) is 4.10. The van der Waals surface area contributed by atoms with E-state index in [1.165, 1.54) is 5.56 Å². The summed E-state index contributed by atoms with van der Waals surface area (Å²) in [4.78, 5) is 13.0. The van der Waals surface area contributed by atoms with Crippen molar-refractivity contribution < 1.29 is 9.90 Å². The first-order chi connectivity index (χ1) is 9.72. The number of carbonyl (C=O) groups excluding carboxylic acids is 1. The number of aliphatic hydroxyl groups is 1. The number of rotatable bonds is 6. The molecule has 2 aromatic rings. The van der Waals surface area contributed by atoms with Crippen LogP contribution in [0, 0.1) is 0 Å². The van der Waals surface area contributed by atoms with Crippen molar-refractivity contribution in [3.05, 3.63) is 57.8 Å². The summed E-state index contributed by atoms with van der Waals surface area (Å²) in [5.41, 5.74) is 2.18. The highest BCUT2D eigenvalue weighted by molar-refractivity contribution is 7.10. The van der Waals surface area contributed by atoms with Crippen molar-refractivity contribution in [1.82, 2.24) is 5.32 Å². The SMILES string of the molecule is CCc1ccc(C(CO)NC(=O)Cc2cccs2)cc1. The average molecular weight is 289 g/mol. The Hall–Kier alpha value is -1.65. The van der Waals surface area contributed by atoms with E-state index in [4.69, 9.17) is 0 Å². The first-order valence-electron chi connectivity index (χ1n) is 6.74. The summed E-state index contributed by atoms with van der Waals surface area (Å²) in [7, 11) is 0. The van der Waals surface area contributed by atoms with Crippen LogP contribution in [0.5, 0.6) is 0 Å². The first kappa shape index (κ1) is 14.8. The maximum Gasteiger partial charge on any atom is 0.225 e. The number of benzene rings is 1. The molecule has 0 aliphatic rings. The second-order valence-corrected chi connectivity index (χ2v) is 5.69. The molecule has 1 atom stereocenters. The van der Waals surface area contributed by atoms with Crippen LogP contribution < -0.4 is 5.32 Å². The van der Waals surface area contributed by atoms with Gasteiger partial charge >= 0.3 is 0 Å². The van der Waals surface area contributed by atoms with Crippen LogP contribution in [-0.4, -0.2) is 17.6 Å². The minimum absolute atomic E-state index is 0.0638. The third-order valence-electron chi connectivity index (χ3n) is 3.22. The first-order valence-corrected chi connectivity index (χ1v) is 7.62. The van der Waals surface area contributed by atoms with Gasteiger partial charge in [0.25, 0.3) is 0 Å². The van der Waals surface area contributed by atoms with E-state index in [9.17, 15) is 9.90 Å².